The van der Waals surface area contributed by atoms with Gasteiger partial charge in [0.2, 0.25) is 6.41 Å². The molecule has 0 aliphatic heterocycles. The van der Waals surface area contributed by atoms with Gasteiger partial charge in [0.05, 0.1) is 5.01 Å². The summed E-state index contributed by atoms with van der Waals surface area (Å²) in [6.45, 7) is 3.90. The second-order valence-electron chi connectivity index (χ2n) is 3.28. The van der Waals surface area contributed by atoms with Gasteiger partial charge in [-0.05, 0) is 26.7 Å². The highest BCUT2D eigenvalue weighted by molar-refractivity contribution is 7.12. The third kappa shape index (κ3) is 3.08. The van der Waals surface area contributed by atoms with Crippen LogP contribution in [0.3, 0.4) is 0 Å². The van der Waals surface area contributed by atoms with Gasteiger partial charge in [0, 0.05) is 10.9 Å². The van der Waals surface area contributed by atoms with Crippen molar-refractivity contribution >= 4 is 23.6 Å². The largest absolute Gasteiger partial charge is 0.328 e. The highest BCUT2D eigenvalue weighted by Gasteiger charge is 2.08. The van der Waals surface area contributed by atoms with Crippen LogP contribution in [-0.2, 0) is 11.2 Å². The molecule has 0 fully saturated rings. The highest BCUT2D eigenvalue weighted by atomic mass is 32.1. The number of aryl methyl sites for hydroxylation is 2. The summed E-state index contributed by atoms with van der Waals surface area (Å²) in [6, 6.07) is 0.182. The van der Waals surface area contributed by atoms with Gasteiger partial charge in [0.25, 0.3) is 0 Å². The topological polar surface area (TPSA) is 68.0 Å². The van der Waals surface area contributed by atoms with E-state index in [1.165, 1.54) is 0 Å². The van der Waals surface area contributed by atoms with Crippen molar-refractivity contribution in [3.05, 3.63) is 9.88 Å². The van der Waals surface area contributed by atoms with Crippen LogP contribution in [0.4, 0.5) is 5.82 Å². The van der Waals surface area contributed by atoms with E-state index in [-0.39, 0.29) is 6.04 Å². The van der Waals surface area contributed by atoms with E-state index < -0.39 is 0 Å². The molecule has 3 N–H and O–H groups in total. The van der Waals surface area contributed by atoms with Crippen LogP contribution >= 0.6 is 11.3 Å². The molecular formula is C9H15N3OS. The molecule has 0 aliphatic rings. The summed E-state index contributed by atoms with van der Waals surface area (Å²) in [5.41, 5.74) is 5.67. The van der Waals surface area contributed by atoms with Crippen molar-refractivity contribution in [2.45, 2.75) is 32.7 Å². The van der Waals surface area contributed by atoms with Gasteiger partial charge in [-0.3, -0.25) is 4.79 Å². The van der Waals surface area contributed by atoms with Crippen LogP contribution in [-0.4, -0.2) is 17.4 Å². The third-order valence-electron chi connectivity index (χ3n) is 1.83. The van der Waals surface area contributed by atoms with Crippen molar-refractivity contribution in [3.8, 4) is 0 Å². The first-order valence-corrected chi connectivity index (χ1v) is 5.37. The predicted molar refractivity (Wildman–Crippen MR) is 58.5 cm³/mol. The zero-order valence-electron chi connectivity index (χ0n) is 8.41. The van der Waals surface area contributed by atoms with E-state index in [1.807, 2.05) is 13.8 Å². The van der Waals surface area contributed by atoms with Crippen LogP contribution in [0, 0.1) is 6.92 Å². The summed E-state index contributed by atoms with van der Waals surface area (Å²) < 4.78 is 0. The zero-order valence-corrected chi connectivity index (χ0v) is 9.23. The van der Waals surface area contributed by atoms with E-state index in [0.29, 0.717) is 12.2 Å². The molecule has 0 aromatic carbocycles. The fraction of sp³-hybridized carbons (Fsp3) is 0.556. The Hall–Kier alpha value is -0.940. The molecule has 0 saturated heterocycles. The van der Waals surface area contributed by atoms with Crippen LogP contribution in [0.25, 0.3) is 0 Å². The molecule has 0 bridgehead atoms. The zero-order chi connectivity index (χ0) is 10.6. The smallest absolute Gasteiger partial charge is 0.212 e. The number of hydrogen-bond donors (Lipinski definition) is 2. The maximum atomic E-state index is 10.3. The van der Waals surface area contributed by atoms with E-state index in [4.69, 9.17) is 5.73 Å². The predicted octanol–water partition coefficient (Wildman–Crippen LogP) is 1.30. The SMILES string of the molecule is Cc1nc(NC=O)c(CCC(C)N)s1. The van der Waals surface area contributed by atoms with Gasteiger partial charge < -0.3 is 11.1 Å². The van der Waals surface area contributed by atoms with Crippen molar-refractivity contribution in [3.63, 3.8) is 0 Å². The molecule has 1 heterocycles. The number of anilines is 1. The second kappa shape index (κ2) is 5.07. The summed E-state index contributed by atoms with van der Waals surface area (Å²) in [4.78, 5) is 15.6. The Morgan fingerprint density at radius 1 is 1.71 bits per heavy atom. The van der Waals surface area contributed by atoms with E-state index in [9.17, 15) is 4.79 Å². The fourth-order valence-electron chi connectivity index (χ4n) is 1.17. The highest BCUT2D eigenvalue weighted by Crippen LogP contribution is 2.23. The average molecular weight is 213 g/mol. The molecule has 1 unspecified atom stereocenters. The van der Waals surface area contributed by atoms with Crippen molar-refractivity contribution in [1.29, 1.82) is 0 Å². The molecule has 14 heavy (non-hydrogen) atoms. The van der Waals surface area contributed by atoms with Gasteiger partial charge in [-0.2, -0.15) is 0 Å². The maximum absolute atomic E-state index is 10.3. The van der Waals surface area contributed by atoms with E-state index in [2.05, 4.69) is 10.3 Å². The molecule has 4 nitrogen and oxygen atoms in total. The first kappa shape index (κ1) is 11.1. The number of nitrogens with one attached hydrogen (secondary N) is 1. The number of thiazole rings is 1. The number of carbonyl (C=O) groups excluding carboxylic acids is 1. The molecule has 78 valence electrons. The van der Waals surface area contributed by atoms with Gasteiger partial charge in [-0.15, -0.1) is 11.3 Å². The van der Waals surface area contributed by atoms with Crippen molar-refractivity contribution in [1.82, 2.24) is 4.98 Å². The van der Waals surface area contributed by atoms with Gasteiger partial charge in [-0.25, -0.2) is 4.98 Å². The lowest BCUT2D eigenvalue weighted by molar-refractivity contribution is -0.105. The molecule has 1 atom stereocenters. The Balaban J connectivity index is 2.68. The number of nitrogens with zero attached hydrogens (tertiary/aromatic N) is 1. The monoisotopic (exact) mass is 213 g/mol. The van der Waals surface area contributed by atoms with Gasteiger partial charge in [0.1, 0.15) is 5.82 Å². The van der Waals surface area contributed by atoms with Crippen molar-refractivity contribution in [2.75, 3.05) is 5.32 Å². The lowest BCUT2D eigenvalue weighted by atomic mass is 10.2. The van der Waals surface area contributed by atoms with E-state index in [0.717, 1.165) is 22.7 Å². The summed E-state index contributed by atoms with van der Waals surface area (Å²) in [6.07, 6.45) is 2.44. The van der Waals surface area contributed by atoms with Gasteiger partial charge in [-0.1, -0.05) is 0 Å². The Labute approximate surface area is 87.5 Å². The average Bonchev–Trinajstić information content (AvgIpc) is 2.44. The molecule has 0 spiro atoms. The summed E-state index contributed by atoms with van der Waals surface area (Å²) >= 11 is 1.61. The number of nitrogens with two attached hydrogens (primary N) is 1. The summed E-state index contributed by atoms with van der Waals surface area (Å²) in [5, 5.41) is 3.57. The number of carbonyl (C=O) groups is 1. The molecule has 1 aromatic rings. The number of aromatic nitrogens is 1. The molecule has 1 rings (SSSR count). The quantitative estimate of drug-likeness (QED) is 0.724. The summed E-state index contributed by atoms with van der Waals surface area (Å²) in [7, 11) is 0. The van der Waals surface area contributed by atoms with Gasteiger partial charge in [0.15, 0.2) is 0 Å². The molecule has 1 aromatic heterocycles. The van der Waals surface area contributed by atoms with Crippen LogP contribution < -0.4 is 11.1 Å². The lowest BCUT2D eigenvalue weighted by Crippen LogP contribution is -2.15. The fourth-order valence-corrected chi connectivity index (χ4v) is 2.08. The molecule has 1 amide bonds. The Bertz CT molecular complexity index is 309. The second-order valence-corrected chi connectivity index (χ2v) is 4.57. The normalized spacial score (nSPS) is 12.5. The van der Waals surface area contributed by atoms with E-state index in [1.54, 1.807) is 11.3 Å². The number of amides is 1. The molecule has 0 radical (unpaired) electrons. The van der Waals surface area contributed by atoms with Crippen LogP contribution in [0.15, 0.2) is 0 Å². The van der Waals surface area contributed by atoms with Crippen LogP contribution in [0.2, 0.25) is 0 Å². The van der Waals surface area contributed by atoms with Crippen molar-refractivity contribution < 1.29 is 4.79 Å². The molecule has 5 heteroatoms. The Morgan fingerprint density at radius 2 is 2.43 bits per heavy atom. The minimum Gasteiger partial charge on any atom is -0.328 e. The standard InChI is InChI=1S/C9H15N3OS/c1-6(10)3-4-8-9(11-5-13)12-7(2)14-8/h5-6H,3-4,10H2,1-2H3,(H,11,13). The minimum absolute atomic E-state index is 0.182. The van der Waals surface area contributed by atoms with Gasteiger partial charge >= 0.3 is 0 Å². The van der Waals surface area contributed by atoms with Crippen LogP contribution in [0.5, 0.6) is 0 Å². The van der Waals surface area contributed by atoms with Crippen molar-refractivity contribution in [2.24, 2.45) is 5.73 Å². The first-order valence-electron chi connectivity index (χ1n) is 4.55. The molecule has 0 saturated carbocycles. The first-order chi connectivity index (χ1) is 6.63. The number of hydrogen-bond acceptors (Lipinski definition) is 4. The lowest BCUT2D eigenvalue weighted by Gasteiger charge is -2.03. The Kier molecular flexibility index (Phi) is 4.03. The Morgan fingerprint density at radius 3 is 3.00 bits per heavy atom. The molecular weight excluding hydrogens is 198 g/mol. The number of rotatable bonds is 5. The maximum Gasteiger partial charge on any atom is 0.212 e. The minimum atomic E-state index is 0.182. The third-order valence-corrected chi connectivity index (χ3v) is 2.86. The van der Waals surface area contributed by atoms with Crippen LogP contribution in [0.1, 0.15) is 23.2 Å². The summed E-state index contributed by atoms with van der Waals surface area (Å²) in [5.74, 6) is 0.683. The van der Waals surface area contributed by atoms with E-state index >= 15 is 0 Å². The molecule has 0 aliphatic carbocycles.